The number of hydrogen-bond donors (Lipinski definition) is 2. The highest BCUT2D eigenvalue weighted by atomic mass is 16.3. The van der Waals surface area contributed by atoms with Gasteiger partial charge in [-0.3, -0.25) is 5.10 Å². The van der Waals surface area contributed by atoms with Crippen molar-refractivity contribution in [2.75, 3.05) is 6.54 Å². The minimum atomic E-state index is 0.775. The number of aryl methyl sites for hydroxylation is 2. The van der Waals surface area contributed by atoms with Crippen LogP contribution in [0.25, 0.3) is 11.5 Å². The van der Waals surface area contributed by atoms with Crippen molar-refractivity contribution < 1.29 is 4.42 Å². The van der Waals surface area contributed by atoms with Crippen LogP contribution < -0.4 is 5.32 Å². The lowest BCUT2D eigenvalue weighted by atomic mass is 10.1. The molecule has 0 aliphatic rings. The quantitative estimate of drug-likeness (QED) is 0.683. The Morgan fingerprint density at radius 3 is 2.86 bits per heavy atom. The first-order chi connectivity index (χ1) is 10.7. The fourth-order valence-electron chi connectivity index (χ4n) is 2.55. The first-order valence-corrected chi connectivity index (χ1v) is 7.57. The molecule has 114 valence electrons. The topological polar surface area (TPSA) is 53.9 Å². The lowest BCUT2D eigenvalue weighted by Crippen LogP contribution is -2.16. The molecule has 4 heteroatoms. The van der Waals surface area contributed by atoms with Gasteiger partial charge in [0.1, 0.15) is 11.5 Å². The summed E-state index contributed by atoms with van der Waals surface area (Å²) in [6.45, 7) is 5.78. The van der Waals surface area contributed by atoms with Crippen LogP contribution in [0.1, 0.15) is 22.5 Å². The Hall–Kier alpha value is -2.33. The van der Waals surface area contributed by atoms with Gasteiger partial charge in [-0.2, -0.15) is 5.10 Å². The molecule has 3 aromatic rings. The Morgan fingerprint density at radius 1 is 1.18 bits per heavy atom. The Bertz CT molecular complexity index is 742. The highest BCUT2D eigenvalue weighted by molar-refractivity contribution is 5.56. The van der Waals surface area contributed by atoms with Gasteiger partial charge in [-0.05, 0) is 44.5 Å². The second kappa shape index (κ2) is 6.62. The van der Waals surface area contributed by atoms with E-state index in [1.54, 1.807) is 0 Å². The summed E-state index contributed by atoms with van der Waals surface area (Å²) < 4.78 is 5.66. The number of furan rings is 1. The monoisotopic (exact) mass is 295 g/mol. The molecule has 2 heterocycles. The minimum absolute atomic E-state index is 0.775. The van der Waals surface area contributed by atoms with Gasteiger partial charge in [0, 0.05) is 12.1 Å². The zero-order chi connectivity index (χ0) is 15.4. The fourth-order valence-corrected chi connectivity index (χ4v) is 2.55. The van der Waals surface area contributed by atoms with E-state index in [0.29, 0.717) is 0 Å². The van der Waals surface area contributed by atoms with E-state index in [1.807, 2.05) is 25.3 Å². The Labute approximate surface area is 130 Å². The third-order valence-electron chi connectivity index (χ3n) is 3.69. The highest BCUT2D eigenvalue weighted by Gasteiger charge is 2.10. The third-order valence-corrected chi connectivity index (χ3v) is 3.69. The molecule has 2 aromatic heterocycles. The van der Waals surface area contributed by atoms with Crippen molar-refractivity contribution in [1.29, 1.82) is 0 Å². The van der Waals surface area contributed by atoms with Gasteiger partial charge in [0.2, 0.25) is 0 Å². The zero-order valence-electron chi connectivity index (χ0n) is 13.0. The van der Waals surface area contributed by atoms with E-state index in [9.17, 15) is 0 Å². The van der Waals surface area contributed by atoms with Crippen molar-refractivity contribution >= 4 is 0 Å². The molecular formula is C18H21N3O. The summed E-state index contributed by atoms with van der Waals surface area (Å²) in [5.41, 5.74) is 4.75. The van der Waals surface area contributed by atoms with E-state index < -0.39 is 0 Å². The van der Waals surface area contributed by atoms with E-state index in [4.69, 9.17) is 4.42 Å². The fraction of sp³-hybridized carbons (Fsp3) is 0.278. The van der Waals surface area contributed by atoms with Crippen LogP contribution in [0, 0.1) is 13.8 Å². The minimum Gasteiger partial charge on any atom is -0.460 e. The van der Waals surface area contributed by atoms with Gasteiger partial charge in [0.15, 0.2) is 5.76 Å². The van der Waals surface area contributed by atoms with Gasteiger partial charge in [-0.25, -0.2) is 0 Å². The average Bonchev–Trinajstić information content (AvgIpc) is 3.12. The van der Waals surface area contributed by atoms with Crippen LogP contribution in [0.5, 0.6) is 0 Å². The van der Waals surface area contributed by atoms with Crippen molar-refractivity contribution in [2.24, 2.45) is 0 Å². The van der Waals surface area contributed by atoms with Crippen LogP contribution in [-0.2, 0) is 13.0 Å². The molecule has 2 N–H and O–H groups in total. The second-order valence-corrected chi connectivity index (χ2v) is 5.60. The number of aromatic nitrogens is 2. The van der Waals surface area contributed by atoms with Crippen molar-refractivity contribution in [3.63, 3.8) is 0 Å². The smallest absolute Gasteiger partial charge is 0.152 e. The number of aromatic amines is 1. The number of H-pyrrole nitrogens is 1. The number of rotatable bonds is 6. The van der Waals surface area contributed by atoms with E-state index in [0.717, 1.165) is 42.3 Å². The molecule has 0 spiro atoms. The van der Waals surface area contributed by atoms with Crippen LogP contribution in [0.4, 0.5) is 0 Å². The second-order valence-electron chi connectivity index (χ2n) is 5.60. The van der Waals surface area contributed by atoms with Gasteiger partial charge in [0.25, 0.3) is 0 Å². The molecule has 4 nitrogen and oxygen atoms in total. The summed E-state index contributed by atoms with van der Waals surface area (Å²) in [6, 6.07) is 12.6. The van der Waals surface area contributed by atoms with Gasteiger partial charge in [-0.1, -0.05) is 29.8 Å². The molecule has 0 aliphatic carbocycles. The average molecular weight is 295 g/mol. The number of nitrogens with zero attached hydrogens (tertiary/aromatic N) is 1. The van der Waals surface area contributed by atoms with Crippen LogP contribution >= 0.6 is 0 Å². The van der Waals surface area contributed by atoms with Crippen molar-refractivity contribution in [3.05, 3.63) is 65.0 Å². The van der Waals surface area contributed by atoms with Crippen molar-refractivity contribution in [3.8, 4) is 11.5 Å². The van der Waals surface area contributed by atoms with Crippen LogP contribution in [0.2, 0.25) is 0 Å². The predicted molar refractivity (Wildman–Crippen MR) is 87.6 cm³/mol. The maximum atomic E-state index is 5.66. The van der Waals surface area contributed by atoms with Gasteiger partial charge in [-0.15, -0.1) is 0 Å². The van der Waals surface area contributed by atoms with E-state index >= 15 is 0 Å². The summed E-state index contributed by atoms with van der Waals surface area (Å²) >= 11 is 0. The van der Waals surface area contributed by atoms with Crippen molar-refractivity contribution in [1.82, 2.24) is 15.5 Å². The molecule has 0 fully saturated rings. The number of nitrogens with one attached hydrogen (secondary N) is 2. The molecule has 0 unspecified atom stereocenters. The summed E-state index contributed by atoms with van der Waals surface area (Å²) in [6.07, 6.45) is 2.88. The van der Waals surface area contributed by atoms with E-state index in [-0.39, 0.29) is 0 Å². The van der Waals surface area contributed by atoms with Crippen molar-refractivity contribution in [2.45, 2.75) is 26.8 Å². The summed E-state index contributed by atoms with van der Waals surface area (Å²) in [5.74, 6) is 1.74. The molecule has 0 aliphatic heterocycles. The molecule has 22 heavy (non-hydrogen) atoms. The molecule has 0 radical (unpaired) electrons. The van der Waals surface area contributed by atoms with Crippen LogP contribution in [0.15, 0.2) is 47.0 Å². The van der Waals surface area contributed by atoms with Crippen LogP contribution in [0.3, 0.4) is 0 Å². The Kier molecular flexibility index (Phi) is 4.39. The summed E-state index contributed by atoms with van der Waals surface area (Å²) in [5, 5.41) is 10.6. The lowest BCUT2D eigenvalue weighted by molar-refractivity contribution is 0.545. The van der Waals surface area contributed by atoms with Crippen LogP contribution in [-0.4, -0.2) is 16.7 Å². The molecule has 0 saturated heterocycles. The molecule has 0 bridgehead atoms. The van der Waals surface area contributed by atoms with Gasteiger partial charge >= 0.3 is 0 Å². The first kappa shape index (κ1) is 14.6. The molecule has 1 aromatic carbocycles. The maximum absolute atomic E-state index is 5.66. The standard InChI is InChI=1S/C18H21N3O/c1-13-4-3-5-15(10-13)8-9-19-11-16-12-20-21-18(16)17-7-6-14(2)22-17/h3-7,10,12,19H,8-9,11H2,1-2H3,(H,20,21). The molecule has 0 atom stereocenters. The van der Waals surface area contributed by atoms with Gasteiger partial charge in [0.05, 0.1) is 6.20 Å². The zero-order valence-corrected chi connectivity index (χ0v) is 13.0. The first-order valence-electron chi connectivity index (χ1n) is 7.57. The molecular weight excluding hydrogens is 274 g/mol. The number of hydrogen-bond acceptors (Lipinski definition) is 3. The predicted octanol–water partition coefficient (Wildman–Crippen LogP) is 3.62. The lowest BCUT2D eigenvalue weighted by Gasteiger charge is -2.05. The molecule has 0 amide bonds. The highest BCUT2D eigenvalue weighted by Crippen LogP contribution is 2.23. The summed E-state index contributed by atoms with van der Waals surface area (Å²) in [4.78, 5) is 0. The molecule has 3 rings (SSSR count). The van der Waals surface area contributed by atoms with E-state index in [1.165, 1.54) is 11.1 Å². The Morgan fingerprint density at radius 2 is 2.09 bits per heavy atom. The van der Waals surface area contributed by atoms with Gasteiger partial charge < -0.3 is 9.73 Å². The largest absolute Gasteiger partial charge is 0.460 e. The summed E-state index contributed by atoms with van der Waals surface area (Å²) in [7, 11) is 0. The third kappa shape index (κ3) is 3.46. The Balaban J connectivity index is 1.55. The molecule has 0 saturated carbocycles. The maximum Gasteiger partial charge on any atom is 0.152 e. The number of benzene rings is 1. The van der Waals surface area contributed by atoms with E-state index in [2.05, 4.69) is 46.7 Å². The normalized spacial score (nSPS) is 11.0. The SMILES string of the molecule is Cc1cccc(CCNCc2cn[nH]c2-c2ccc(C)o2)c1.